The van der Waals surface area contributed by atoms with Gasteiger partial charge in [-0.3, -0.25) is 4.79 Å². The zero-order valence-corrected chi connectivity index (χ0v) is 12.6. The summed E-state index contributed by atoms with van der Waals surface area (Å²) in [6.07, 6.45) is 0.0800. The monoisotopic (exact) mass is 301 g/mol. The molecule has 0 aliphatic heterocycles. The van der Waals surface area contributed by atoms with E-state index in [0.29, 0.717) is 6.54 Å². The Morgan fingerprint density at radius 3 is 2.38 bits per heavy atom. The van der Waals surface area contributed by atoms with Crippen LogP contribution in [0.3, 0.4) is 0 Å². The van der Waals surface area contributed by atoms with E-state index in [2.05, 4.69) is 17.4 Å². The summed E-state index contributed by atoms with van der Waals surface area (Å²) >= 11 is 1.81. The first-order valence-corrected chi connectivity index (χ1v) is 7.91. The molecule has 0 bridgehead atoms. The molecule has 0 saturated carbocycles. The van der Waals surface area contributed by atoms with Gasteiger partial charge in [0.05, 0.1) is 6.42 Å². The van der Waals surface area contributed by atoms with Crippen LogP contribution in [-0.2, 0) is 17.8 Å². The molecule has 110 valence electrons. The SMILES string of the molecule is O=C(O)Cc1ccccc1CNCCSc1ccccc1. The van der Waals surface area contributed by atoms with Crippen molar-refractivity contribution in [1.82, 2.24) is 5.32 Å². The number of nitrogens with one attached hydrogen (secondary N) is 1. The van der Waals surface area contributed by atoms with Gasteiger partial charge in [-0.2, -0.15) is 0 Å². The lowest BCUT2D eigenvalue weighted by Gasteiger charge is -2.09. The molecule has 0 aliphatic carbocycles. The van der Waals surface area contributed by atoms with Crippen molar-refractivity contribution in [3.05, 3.63) is 65.7 Å². The maximum absolute atomic E-state index is 10.8. The van der Waals surface area contributed by atoms with Gasteiger partial charge in [-0.1, -0.05) is 42.5 Å². The van der Waals surface area contributed by atoms with Gasteiger partial charge in [-0.05, 0) is 23.3 Å². The smallest absolute Gasteiger partial charge is 0.307 e. The van der Waals surface area contributed by atoms with Crippen molar-refractivity contribution < 1.29 is 9.90 Å². The minimum atomic E-state index is -0.790. The van der Waals surface area contributed by atoms with Gasteiger partial charge in [0, 0.05) is 23.7 Å². The molecular weight excluding hydrogens is 282 g/mol. The molecule has 3 nitrogen and oxygen atoms in total. The fourth-order valence-electron chi connectivity index (χ4n) is 2.05. The zero-order valence-electron chi connectivity index (χ0n) is 11.8. The Morgan fingerprint density at radius 2 is 1.67 bits per heavy atom. The maximum Gasteiger partial charge on any atom is 0.307 e. The third kappa shape index (κ3) is 5.61. The van der Waals surface area contributed by atoms with Crippen molar-refractivity contribution in [1.29, 1.82) is 0 Å². The molecule has 0 spiro atoms. The zero-order chi connectivity index (χ0) is 14.9. The summed E-state index contributed by atoms with van der Waals surface area (Å²) in [5.41, 5.74) is 1.94. The molecule has 21 heavy (non-hydrogen) atoms. The summed E-state index contributed by atoms with van der Waals surface area (Å²) in [5, 5.41) is 12.3. The van der Waals surface area contributed by atoms with Crippen LogP contribution in [0.25, 0.3) is 0 Å². The van der Waals surface area contributed by atoms with E-state index in [1.165, 1.54) is 4.90 Å². The van der Waals surface area contributed by atoms with Crippen molar-refractivity contribution >= 4 is 17.7 Å². The number of hydrogen-bond acceptors (Lipinski definition) is 3. The van der Waals surface area contributed by atoms with E-state index in [4.69, 9.17) is 5.11 Å². The molecule has 0 unspecified atom stereocenters. The van der Waals surface area contributed by atoms with E-state index < -0.39 is 5.97 Å². The number of thioether (sulfide) groups is 1. The summed E-state index contributed by atoms with van der Waals surface area (Å²) in [6.45, 7) is 1.60. The summed E-state index contributed by atoms with van der Waals surface area (Å²) in [5.74, 6) is 0.201. The maximum atomic E-state index is 10.8. The van der Waals surface area contributed by atoms with Gasteiger partial charge in [0.1, 0.15) is 0 Å². The van der Waals surface area contributed by atoms with Crippen molar-refractivity contribution in [2.75, 3.05) is 12.3 Å². The van der Waals surface area contributed by atoms with Gasteiger partial charge in [0.25, 0.3) is 0 Å². The fourth-order valence-corrected chi connectivity index (χ4v) is 2.88. The van der Waals surface area contributed by atoms with Gasteiger partial charge >= 0.3 is 5.97 Å². The van der Waals surface area contributed by atoms with E-state index >= 15 is 0 Å². The van der Waals surface area contributed by atoms with Crippen molar-refractivity contribution in [3.63, 3.8) is 0 Å². The van der Waals surface area contributed by atoms with Gasteiger partial charge in [-0.15, -0.1) is 11.8 Å². The highest BCUT2D eigenvalue weighted by Crippen LogP contribution is 2.16. The summed E-state index contributed by atoms with van der Waals surface area (Å²) in [4.78, 5) is 12.1. The molecule has 2 N–H and O–H groups in total. The topological polar surface area (TPSA) is 49.3 Å². The van der Waals surface area contributed by atoms with Crippen LogP contribution in [0.15, 0.2) is 59.5 Å². The van der Waals surface area contributed by atoms with Crippen LogP contribution < -0.4 is 5.32 Å². The third-order valence-corrected chi connectivity index (χ3v) is 4.08. The van der Waals surface area contributed by atoms with Crippen LogP contribution in [0.2, 0.25) is 0 Å². The largest absolute Gasteiger partial charge is 0.481 e. The molecule has 4 heteroatoms. The lowest BCUT2D eigenvalue weighted by Crippen LogP contribution is -2.18. The number of carbonyl (C=O) groups is 1. The van der Waals surface area contributed by atoms with E-state index in [9.17, 15) is 4.79 Å². The summed E-state index contributed by atoms with van der Waals surface area (Å²) < 4.78 is 0. The standard InChI is InChI=1S/C17H19NO2S/c19-17(20)12-14-6-4-5-7-15(14)13-18-10-11-21-16-8-2-1-3-9-16/h1-9,18H,10-13H2,(H,19,20). The Bertz CT molecular complexity index is 572. The molecule has 2 aromatic carbocycles. The van der Waals surface area contributed by atoms with Gasteiger partial charge in [0.15, 0.2) is 0 Å². The average molecular weight is 301 g/mol. The van der Waals surface area contributed by atoms with Crippen LogP contribution in [0.1, 0.15) is 11.1 Å². The second-order valence-corrected chi connectivity index (χ2v) is 5.85. The first kappa shape index (κ1) is 15.6. The van der Waals surface area contributed by atoms with Crippen LogP contribution in [0.4, 0.5) is 0 Å². The second kappa shape index (κ2) is 8.49. The Morgan fingerprint density at radius 1 is 1.00 bits per heavy atom. The minimum Gasteiger partial charge on any atom is -0.481 e. The molecule has 0 amide bonds. The number of benzene rings is 2. The highest BCUT2D eigenvalue weighted by molar-refractivity contribution is 7.99. The van der Waals surface area contributed by atoms with E-state index in [0.717, 1.165) is 23.4 Å². The average Bonchev–Trinajstić information content (AvgIpc) is 2.49. The van der Waals surface area contributed by atoms with Crippen LogP contribution in [0, 0.1) is 0 Å². The normalized spacial score (nSPS) is 10.5. The molecule has 0 aromatic heterocycles. The Balaban J connectivity index is 1.75. The van der Waals surface area contributed by atoms with Crippen LogP contribution in [-0.4, -0.2) is 23.4 Å². The lowest BCUT2D eigenvalue weighted by molar-refractivity contribution is -0.136. The third-order valence-electron chi connectivity index (χ3n) is 3.07. The second-order valence-electron chi connectivity index (χ2n) is 4.68. The van der Waals surface area contributed by atoms with Gasteiger partial charge in [0.2, 0.25) is 0 Å². The van der Waals surface area contributed by atoms with Gasteiger partial charge < -0.3 is 10.4 Å². The van der Waals surface area contributed by atoms with E-state index in [1.807, 2.05) is 54.2 Å². The summed E-state index contributed by atoms with van der Waals surface area (Å²) in [6, 6.07) is 18.0. The Kier molecular flexibility index (Phi) is 6.31. The van der Waals surface area contributed by atoms with Crippen molar-refractivity contribution in [3.8, 4) is 0 Å². The number of hydrogen-bond donors (Lipinski definition) is 2. The molecule has 0 radical (unpaired) electrons. The highest BCUT2D eigenvalue weighted by Gasteiger charge is 2.05. The first-order chi connectivity index (χ1) is 10.3. The van der Waals surface area contributed by atoms with Crippen molar-refractivity contribution in [2.45, 2.75) is 17.9 Å². The molecule has 2 rings (SSSR count). The Hall–Kier alpha value is -1.78. The predicted octanol–water partition coefficient (Wildman–Crippen LogP) is 3.20. The molecule has 0 saturated heterocycles. The molecule has 0 atom stereocenters. The number of carboxylic acid groups (broad SMARTS) is 1. The molecule has 0 aliphatic rings. The quantitative estimate of drug-likeness (QED) is 0.581. The molecule has 2 aromatic rings. The van der Waals surface area contributed by atoms with Crippen molar-refractivity contribution in [2.24, 2.45) is 0 Å². The number of aliphatic carboxylic acids is 1. The van der Waals surface area contributed by atoms with Gasteiger partial charge in [-0.25, -0.2) is 0 Å². The highest BCUT2D eigenvalue weighted by atomic mass is 32.2. The number of carboxylic acids is 1. The Labute approximate surface area is 129 Å². The summed E-state index contributed by atoms with van der Waals surface area (Å²) in [7, 11) is 0. The molecule has 0 heterocycles. The predicted molar refractivity (Wildman–Crippen MR) is 86.7 cm³/mol. The minimum absolute atomic E-state index is 0.0800. The van der Waals surface area contributed by atoms with Crippen LogP contribution in [0.5, 0.6) is 0 Å². The first-order valence-electron chi connectivity index (χ1n) is 6.93. The lowest BCUT2D eigenvalue weighted by atomic mass is 10.0. The van der Waals surface area contributed by atoms with E-state index in [1.54, 1.807) is 0 Å². The van der Waals surface area contributed by atoms with E-state index in [-0.39, 0.29) is 6.42 Å². The molecular formula is C17H19NO2S. The van der Waals surface area contributed by atoms with Crippen LogP contribution >= 0.6 is 11.8 Å². The fraction of sp³-hybridized carbons (Fsp3) is 0.235. The number of rotatable bonds is 8. The molecule has 0 fully saturated rings.